The lowest BCUT2D eigenvalue weighted by Gasteiger charge is -2.11. The van der Waals surface area contributed by atoms with E-state index in [1.54, 1.807) is 13.1 Å². The third kappa shape index (κ3) is 3.75. The summed E-state index contributed by atoms with van der Waals surface area (Å²) in [6.07, 6.45) is 4.70. The Hall–Kier alpha value is -2.25. The molecular weight excluding hydrogens is 334 g/mol. The van der Waals surface area contributed by atoms with Gasteiger partial charge < -0.3 is 5.32 Å². The van der Waals surface area contributed by atoms with E-state index in [2.05, 4.69) is 20.4 Å². The van der Waals surface area contributed by atoms with E-state index in [0.29, 0.717) is 11.6 Å². The van der Waals surface area contributed by atoms with E-state index in [9.17, 15) is 4.79 Å². The first kappa shape index (κ1) is 15.6. The topological polar surface area (TPSA) is 72.7 Å². The maximum absolute atomic E-state index is 12.1. The Morgan fingerprint density at radius 2 is 2.17 bits per heavy atom. The Kier molecular flexibility index (Phi) is 4.68. The third-order valence-corrected chi connectivity index (χ3v) is 4.59. The minimum absolute atomic E-state index is 0.114. The van der Waals surface area contributed by atoms with Crippen LogP contribution in [0.1, 0.15) is 17.8 Å². The zero-order chi connectivity index (χ0) is 16.2. The lowest BCUT2D eigenvalue weighted by Crippen LogP contribution is -2.30. The Morgan fingerprint density at radius 1 is 1.39 bits per heavy atom. The maximum atomic E-state index is 12.1. The van der Waals surface area contributed by atoms with Crippen molar-refractivity contribution < 1.29 is 4.79 Å². The number of nitrogens with zero attached hydrogens (tertiary/aromatic N) is 4. The van der Waals surface area contributed by atoms with Crippen molar-refractivity contribution in [2.45, 2.75) is 19.5 Å². The van der Waals surface area contributed by atoms with Gasteiger partial charge in [-0.2, -0.15) is 5.10 Å². The van der Waals surface area contributed by atoms with Crippen molar-refractivity contribution in [3.8, 4) is 10.6 Å². The second kappa shape index (κ2) is 6.89. The molecule has 6 nitrogen and oxygen atoms in total. The number of thiazole rings is 1. The molecule has 1 atom stereocenters. The van der Waals surface area contributed by atoms with Gasteiger partial charge in [0.1, 0.15) is 23.7 Å². The van der Waals surface area contributed by atoms with Crippen molar-refractivity contribution in [2.75, 3.05) is 0 Å². The zero-order valence-corrected chi connectivity index (χ0v) is 13.9. The molecule has 0 fully saturated rings. The summed E-state index contributed by atoms with van der Waals surface area (Å²) in [7, 11) is 0. The van der Waals surface area contributed by atoms with Crippen LogP contribution in [0.4, 0.5) is 0 Å². The number of halogens is 1. The maximum Gasteiger partial charge on any atom is 0.244 e. The summed E-state index contributed by atoms with van der Waals surface area (Å²) in [5.74, 6) is -0.114. The molecule has 1 N–H and O–H groups in total. The van der Waals surface area contributed by atoms with Gasteiger partial charge in [0.2, 0.25) is 5.91 Å². The summed E-state index contributed by atoms with van der Waals surface area (Å²) in [5.41, 5.74) is 1.01. The number of amides is 1. The SMILES string of the molecule is CC(C(=O)NCc1cnc(-c2ccc(Cl)cc2)s1)n1cncn1. The van der Waals surface area contributed by atoms with Crippen LogP contribution < -0.4 is 5.32 Å². The second-order valence-electron chi connectivity index (χ2n) is 4.91. The predicted molar refractivity (Wildman–Crippen MR) is 89.1 cm³/mol. The molecule has 2 heterocycles. The zero-order valence-electron chi connectivity index (χ0n) is 12.3. The molecule has 2 aromatic heterocycles. The molecular formula is C15H14ClN5OS. The summed E-state index contributed by atoms with van der Waals surface area (Å²) in [6.45, 7) is 2.21. The lowest BCUT2D eigenvalue weighted by atomic mass is 10.2. The molecule has 3 aromatic rings. The van der Waals surface area contributed by atoms with Gasteiger partial charge in [-0.25, -0.2) is 14.6 Å². The van der Waals surface area contributed by atoms with E-state index < -0.39 is 6.04 Å². The standard InChI is InChI=1S/C15H14ClN5OS/c1-10(21-9-17-8-20-21)14(22)18-6-13-7-19-15(23-13)11-2-4-12(16)5-3-11/h2-5,7-10H,6H2,1H3,(H,18,22). The molecule has 0 saturated heterocycles. The fraction of sp³-hybridized carbons (Fsp3) is 0.200. The fourth-order valence-corrected chi connectivity index (χ4v) is 2.96. The van der Waals surface area contributed by atoms with E-state index in [1.807, 2.05) is 24.3 Å². The fourth-order valence-electron chi connectivity index (χ4n) is 1.97. The minimum atomic E-state index is -0.402. The van der Waals surface area contributed by atoms with Crippen LogP contribution >= 0.6 is 22.9 Å². The van der Waals surface area contributed by atoms with Crippen LogP contribution in [0.25, 0.3) is 10.6 Å². The first-order chi connectivity index (χ1) is 11.1. The molecule has 0 aliphatic carbocycles. The van der Waals surface area contributed by atoms with Gasteiger partial charge in [-0.1, -0.05) is 23.7 Å². The van der Waals surface area contributed by atoms with Gasteiger partial charge in [0.15, 0.2) is 0 Å². The van der Waals surface area contributed by atoms with Crippen LogP contribution in [0, 0.1) is 0 Å². The first-order valence-electron chi connectivity index (χ1n) is 6.96. The van der Waals surface area contributed by atoms with Crippen molar-refractivity contribution in [1.29, 1.82) is 0 Å². The van der Waals surface area contributed by atoms with E-state index >= 15 is 0 Å². The highest BCUT2D eigenvalue weighted by Gasteiger charge is 2.15. The Morgan fingerprint density at radius 3 is 2.87 bits per heavy atom. The molecule has 0 radical (unpaired) electrons. The summed E-state index contributed by atoms with van der Waals surface area (Å²) in [6, 6.07) is 7.12. The molecule has 3 rings (SSSR count). The van der Waals surface area contributed by atoms with E-state index in [0.717, 1.165) is 15.4 Å². The van der Waals surface area contributed by atoms with Crippen LogP contribution in [-0.2, 0) is 11.3 Å². The lowest BCUT2D eigenvalue weighted by molar-refractivity contribution is -0.124. The van der Waals surface area contributed by atoms with Gasteiger partial charge in [0.25, 0.3) is 0 Å². The predicted octanol–water partition coefficient (Wildman–Crippen LogP) is 2.93. The average Bonchev–Trinajstić information content (AvgIpc) is 3.24. The highest BCUT2D eigenvalue weighted by molar-refractivity contribution is 7.15. The van der Waals surface area contributed by atoms with Gasteiger partial charge in [0.05, 0.1) is 6.54 Å². The van der Waals surface area contributed by atoms with Gasteiger partial charge >= 0.3 is 0 Å². The smallest absolute Gasteiger partial charge is 0.244 e. The van der Waals surface area contributed by atoms with E-state index in [4.69, 9.17) is 11.6 Å². The van der Waals surface area contributed by atoms with Crippen molar-refractivity contribution in [2.24, 2.45) is 0 Å². The molecule has 23 heavy (non-hydrogen) atoms. The van der Waals surface area contributed by atoms with Crippen LogP contribution in [0.2, 0.25) is 5.02 Å². The molecule has 8 heteroatoms. The normalized spacial score (nSPS) is 12.1. The monoisotopic (exact) mass is 347 g/mol. The first-order valence-corrected chi connectivity index (χ1v) is 8.15. The van der Waals surface area contributed by atoms with Crippen LogP contribution in [0.3, 0.4) is 0 Å². The molecule has 0 aliphatic heterocycles. The molecule has 1 amide bonds. The number of hydrogen-bond acceptors (Lipinski definition) is 5. The van der Waals surface area contributed by atoms with Gasteiger partial charge in [-0.15, -0.1) is 11.3 Å². The second-order valence-corrected chi connectivity index (χ2v) is 6.46. The molecule has 0 aliphatic rings. The largest absolute Gasteiger partial charge is 0.349 e. The van der Waals surface area contributed by atoms with Gasteiger partial charge in [-0.3, -0.25) is 4.79 Å². The number of benzene rings is 1. The van der Waals surface area contributed by atoms with E-state index in [-0.39, 0.29) is 5.91 Å². The summed E-state index contributed by atoms with van der Waals surface area (Å²) >= 11 is 7.42. The number of aromatic nitrogens is 4. The van der Waals surface area contributed by atoms with Gasteiger partial charge in [-0.05, 0) is 19.1 Å². The Labute approximate surface area is 142 Å². The third-order valence-electron chi connectivity index (χ3n) is 3.29. The van der Waals surface area contributed by atoms with Crippen molar-refractivity contribution >= 4 is 28.8 Å². The summed E-state index contributed by atoms with van der Waals surface area (Å²) in [4.78, 5) is 21.3. The van der Waals surface area contributed by atoms with Crippen LogP contribution in [-0.4, -0.2) is 25.7 Å². The number of hydrogen-bond donors (Lipinski definition) is 1. The molecule has 0 saturated carbocycles. The van der Waals surface area contributed by atoms with Crippen LogP contribution in [0.5, 0.6) is 0 Å². The molecule has 0 bridgehead atoms. The molecule has 0 spiro atoms. The average molecular weight is 348 g/mol. The van der Waals surface area contributed by atoms with Crippen molar-refractivity contribution in [3.63, 3.8) is 0 Å². The van der Waals surface area contributed by atoms with Gasteiger partial charge in [0, 0.05) is 21.7 Å². The molecule has 1 aromatic carbocycles. The summed E-state index contributed by atoms with van der Waals surface area (Å²) in [5, 5.41) is 8.44. The Balaban J connectivity index is 1.61. The molecule has 118 valence electrons. The number of carbonyl (C=O) groups is 1. The minimum Gasteiger partial charge on any atom is -0.349 e. The van der Waals surface area contributed by atoms with E-state index in [1.165, 1.54) is 28.7 Å². The van der Waals surface area contributed by atoms with Crippen molar-refractivity contribution in [1.82, 2.24) is 25.1 Å². The summed E-state index contributed by atoms with van der Waals surface area (Å²) < 4.78 is 1.52. The number of rotatable bonds is 5. The number of nitrogens with one attached hydrogen (secondary N) is 1. The highest BCUT2D eigenvalue weighted by atomic mass is 35.5. The molecule has 1 unspecified atom stereocenters. The quantitative estimate of drug-likeness (QED) is 0.770. The van der Waals surface area contributed by atoms with Crippen molar-refractivity contribution in [3.05, 3.63) is 53.0 Å². The van der Waals surface area contributed by atoms with Crippen LogP contribution in [0.15, 0.2) is 43.1 Å². The number of carbonyl (C=O) groups excluding carboxylic acids is 1. The Bertz CT molecular complexity index is 785. The highest BCUT2D eigenvalue weighted by Crippen LogP contribution is 2.26.